The van der Waals surface area contributed by atoms with E-state index in [9.17, 15) is 4.79 Å². The molecular formula is C20H30N2O3. The van der Waals surface area contributed by atoms with E-state index in [4.69, 9.17) is 9.47 Å². The van der Waals surface area contributed by atoms with Crippen LogP contribution in [0.2, 0.25) is 0 Å². The van der Waals surface area contributed by atoms with Crippen molar-refractivity contribution >= 4 is 11.7 Å². The van der Waals surface area contributed by atoms with Gasteiger partial charge in [0.05, 0.1) is 19.3 Å². The number of ether oxygens (including phenoxy) is 2. The highest BCUT2D eigenvalue weighted by Gasteiger charge is 2.19. The van der Waals surface area contributed by atoms with Gasteiger partial charge in [0, 0.05) is 25.4 Å². The molecule has 0 bridgehead atoms. The number of carbonyl (C=O) groups excluding carboxylic acids is 1. The zero-order chi connectivity index (χ0) is 17.5. The third kappa shape index (κ3) is 5.72. The van der Waals surface area contributed by atoms with E-state index in [1.807, 2.05) is 23.1 Å². The van der Waals surface area contributed by atoms with Gasteiger partial charge >= 0.3 is 6.03 Å². The number of nitrogens with one attached hydrogen (secondary N) is 1. The first kappa shape index (κ1) is 18.2. The summed E-state index contributed by atoms with van der Waals surface area (Å²) in [5.74, 6) is 0.766. The van der Waals surface area contributed by atoms with Gasteiger partial charge < -0.3 is 19.7 Å². The normalized spacial score (nSPS) is 24.6. The first-order valence-electron chi connectivity index (χ1n) is 9.55. The average molecular weight is 346 g/mol. The molecule has 1 heterocycles. The molecule has 1 saturated carbocycles. The SMILES string of the molecule is C[C@H]1CCC[C@H](OCc2cccc(NC(=O)N3CCCOCC3)c2)C1. The van der Waals surface area contributed by atoms with Crippen molar-refractivity contribution in [1.82, 2.24) is 4.90 Å². The van der Waals surface area contributed by atoms with E-state index in [1.165, 1.54) is 12.8 Å². The maximum atomic E-state index is 12.4. The van der Waals surface area contributed by atoms with Crippen molar-refractivity contribution in [3.63, 3.8) is 0 Å². The molecule has 1 aromatic carbocycles. The largest absolute Gasteiger partial charge is 0.380 e. The summed E-state index contributed by atoms with van der Waals surface area (Å²) in [7, 11) is 0. The van der Waals surface area contributed by atoms with Crippen LogP contribution in [0.4, 0.5) is 10.5 Å². The minimum absolute atomic E-state index is 0.0512. The Morgan fingerprint density at radius 3 is 3.08 bits per heavy atom. The fourth-order valence-electron chi connectivity index (χ4n) is 3.63. The van der Waals surface area contributed by atoms with Crippen LogP contribution in [0.25, 0.3) is 0 Å². The zero-order valence-electron chi connectivity index (χ0n) is 15.2. The number of rotatable bonds is 4. The van der Waals surface area contributed by atoms with E-state index >= 15 is 0 Å². The lowest BCUT2D eigenvalue weighted by atomic mass is 9.89. The summed E-state index contributed by atoms with van der Waals surface area (Å²) in [4.78, 5) is 14.2. The van der Waals surface area contributed by atoms with Gasteiger partial charge in [0.25, 0.3) is 0 Å². The summed E-state index contributed by atoms with van der Waals surface area (Å²) in [5, 5.41) is 3.00. The maximum Gasteiger partial charge on any atom is 0.321 e. The topological polar surface area (TPSA) is 50.8 Å². The standard InChI is InChI=1S/C20H30N2O3/c1-16-5-2-8-19(13-16)25-15-17-6-3-7-18(14-17)21-20(23)22-9-4-11-24-12-10-22/h3,6-7,14,16,19H,2,4-5,8-13,15H2,1H3,(H,21,23)/t16-,19-/m0/s1. The molecule has 2 atom stereocenters. The van der Waals surface area contributed by atoms with Crippen molar-refractivity contribution in [2.75, 3.05) is 31.6 Å². The predicted molar refractivity (Wildman–Crippen MR) is 98.7 cm³/mol. The van der Waals surface area contributed by atoms with Gasteiger partial charge in [-0.1, -0.05) is 31.9 Å². The third-order valence-corrected chi connectivity index (χ3v) is 5.06. The molecule has 25 heavy (non-hydrogen) atoms. The summed E-state index contributed by atoms with van der Waals surface area (Å²) in [6.07, 6.45) is 6.18. The molecule has 1 aliphatic heterocycles. The van der Waals surface area contributed by atoms with Crippen molar-refractivity contribution in [2.45, 2.75) is 51.7 Å². The van der Waals surface area contributed by atoms with Crippen LogP contribution >= 0.6 is 0 Å². The molecule has 2 aliphatic rings. The molecule has 1 aliphatic carbocycles. The van der Waals surface area contributed by atoms with E-state index < -0.39 is 0 Å². The second kappa shape index (κ2) is 9.20. The van der Waals surface area contributed by atoms with Crippen molar-refractivity contribution < 1.29 is 14.3 Å². The fourth-order valence-corrected chi connectivity index (χ4v) is 3.63. The minimum atomic E-state index is -0.0512. The highest BCUT2D eigenvalue weighted by molar-refractivity contribution is 5.89. The van der Waals surface area contributed by atoms with Gasteiger partial charge in [0.1, 0.15) is 0 Å². The Hall–Kier alpha value is -1.59. The third-order valence-electron chi connectivity index (χ3n) is 5.06. The second-order valence-electron chi connectivity index (χ2n) is 7.29. The van der Waals surface area contributed by atoms with E-state index in [0.717, 1.165) is 49.6 Å². The van der Waals surface area contributed by atoms with Gasteiger partial charge in [0.15, 0.2) is 0 Å². The molecule has 2 amide bonds. The smallest absolute Gasteiger partial charge is 0.321 e. The van der Waals surface area contributed by atoms with Gasteiger partial charge in [-0.3, -0.25) is 0 Å². The van der Waals surface area contributed by atoms with E-state index in [-0.39, 0.29) is 6.03 Å². The number of hydrogen-bond donors (Lipinski definition) is 1. The maximum absolute atomic E-state index is 12.4. The van der Waals surface area contributed by atoms with Gasteiger partial charge in [-0.2, -0.15) is 0 Å². The number of hydrogen-bond acceptors (Lipinski definition) is 3. The molecule has 0 radical (unpaired) electrons. The molecule has 0 unspecified atom stereocenters. The summed E-state index contributed by atoms with van der Waals surface area (Å²) in [5.41, 5.74) is 1.93. The Morgan fingerprint density at radius 1 is 1.28 bits per heavy atom. The van der Waals surface area contributed by atoms with Crippen molar-refractivity contribution in [2.24, 2.45) is 5.92 Å². The monoisotopic (exact) mass is 346 g/mol. The molecule has 0 spiro atoms. The average Bonchev–Trinajstić information content (AvgIpc) is 2.90. The molecule has 3 rings (SSSR count). The lowest BCUT2D eigenvalue weighted by molar-refractivity contribution is 0.00468. The number of nitrogens with zero attached hydrogens (tertiary/aromatic N) is 1. The Kier molecular flexibility index (Phi) is 6.70. The lowest BCUT2D eigenvalue weighted by Crippen LogP contribution is -2.36. The van der Waals surface area contributed by atoms with Crippen molar-refractivity contribution in [1.29, 1.82) is 0 Å². The van der Waals surface area contributed by atoms with Crippen LogP contribution in [0.1, 0.15) is 44.6 Å². The zero-order valence-corrected chi connectivity index (χ0v) is 15.2. The van der Waals surface area contributed by atoms with Crippen LogP contribution < -0.4 is 5.32 Å². The van der Waals surface area contributed by atoms with Crippen molar-refractivity contribution in [3.05, 3.63) is 29.8 Å². The molecule has 5 heteroatoms. The van der Waals surface area contributed by atoms with Gasteiger partial charge in [-0.15, -0.1) is 0 Å². The first-order chi connectivity index (χ1) is 12.2. The van der Waals surface area contributed by atoms with Crippen LogP contribution in [0.3, 0.4) is 0 Å². The van der Waals surface area contributed by atoms with Crippen LogP contribution in [0.5, 0.6) is 0 Å². The number of benzene rings is 1. The van der Waals surface area contributed by atoms with Crippen LogP contribution in [0, 0.1) is 5.92 Å². The van der Waals surface area contributed by atoms with E-state index in [0.29, 0.717) is 25.9 Å². The minimum Gasteiger partial charge on any atom is -0.380 e. The second-order valence-corrected chi connectivity index (χ2v) is 7.29. The van der Waals surface area contributed by atoms with E-state index in [2.05, 4.69) is 18.3 Å². The Labute approximate surface area is 150 Å². The van der Waals surface area contributed by atoms with Crippen LogP contribution in [0.15, 0.2) is 24.3 Å². The molecule has 0 aromatic heterocycles. The summed E-state index contributed by atoms with van der Waals surface area (Å²) >= 11 is 0. The number of anilines is 1. The molecule has 5 nitrogen and oxygen atoms in total. The molecule has 1 saturated heterocycles. The fraction of sp³-hybridized carbons (Fsp3) is 0.650. The Morgan fingerprint density at radius 2 is 2.20 bits per heavy atom. The first-order valence-corrected chi connectivity index (χ1v) is 9.55. The summed E-state index contributed by atoms with van der Waals surface area (Å²) < 4.78 is 11.5. The van der Waals surface area contributed by atoms with Gasteiger partial charge in [-0.25, -0.2) is 4.79 Å². The number of carbonyl (C=O) groups is 1. The summed E-state index contributed by atoms with van der Waals surface area (Å²) in [6.45, 7) is 5.65. The van der Waals surface area contributed by atoms with E-state index in [1.54, 1.807) is 0 Å². The van der Waals surface area contributed by atoms with Gasteiger partial charge in [0.2, 0.25) is 0 Å². The molecule has 1 N–H and O–H groups in total. The molecular weight excluding hydrogens is 316 g/mol. The predicted octanol–water partition coefficient (Wildman–Crippen LogP) is 4.04. The van der Waals surface area contributed by atoms with Crippen molar-refractivity contribution in [3.8, 4) is 0 Å². The lowest BCUT2D eigenvalue weighted by Gasteiger charge is -2.26. The van der Waals surface area contributed by atoms with Crippen LogP contribution in [-0.2, 0) is 16.1 Å². The molecule has 1 aromatic rings. The molecule has 138 valence electrons. The Balaban J connectivity index is 1.51. The van der Waals surface area contributed by atoms with Gasteiger partial charge in [-0.05, 0) is 42.9 Å². The number of urea groups is 1. The highest BCUT2D eigenvalue weighted by Crippen LogP contribution is 2.26. The number of amides is 2. The highest BCUT2D eigenvalue weighted by atomic mass is 16.5. The quantitative estimate of drug-likeness (QED) is 0.895. The van der Waals surface area contributed by atoms with Crippen LogP contribution in [-0.4, -0.2) is 43.3 Å². The Bertz CT molecular complexity index is 556. The summed E-state index contributed by atoms with van der Waals surface area (Å²) in [6, 6.07) is 7.92. The molecule has 2 fully saturated rings.